The number of nitrogen functional groups attached to an aromatic ring is 1. The SMILES string of the molecule is Nc1nccc(-c2c(-c3ccc(F)cc3)nc3n2C(COc2ccc(Cl)cn2)CC3)n1. The topological polar surface area (TPSA) is 91.7 Å². The Morgan fingerprint density at radius 3 is 2.68 bits per heavy atom. The van der Waals surface area contributed by atoms with Gasteiger partial charge in [-0.15, -0.1) is 0 Å². The van der Waals surface area contributed by atoms with E-state index in [0.29, 0.717) is 23.2 Å². The summed E-state index contributed by atoms with van der Waals surface area (Å²) in [6.45, 7) is 0.411. The molecule has 0 radical (unpaired) electrons. The maximum Gasteiger partial charge on any atom is 0.220 e. The van der Waals surface area contributed by atoms with Gasteiger partial charge in [0.25, 0.3) is 0 Å². The highest BCUT2D eigenvalue weighted by atomic mass is 35.5. The van der Waals surface area contributed by atoms with Crippen molar-refractivity contribution in [3.05, 3.63) is 71.5 Å². The van der Waals surface area contributed by atoms with Crippen LogP contribution in [0.25, 0.3) is 22.6 Å². The van der Waals surface area contributed by atoms with Gasteiger partial charge in [-0.05, 0) is 42.8 Å². The van der Waals surface area contributed by atoms with E-state index in [4.69, 9.17) is 27.1 Å². The summed E-state index contributed by atoms with van der Waals surface area (Å²) in [5.41, 5.74) is 8.85. The number of imidazole rings is 1. The Morgan fingerprint density at radius 2 is 1.94 bits per heavy atom. The zero-order valence-electron chi connectivity index (χ0n) is 16.4. The monoisotopic (exact) mass is 436 g/mol. The first kappa shape index (κ1) is 19.4. The van der Waals surface area contributed by atoms with Crippen molar-refractivity contribution in [3.8, 4) is 28.5 Å². The van der Waals surface area contributed by atoms with Crippen LogP contribution in [0.15, 0.2) is 54.9 Å². The molecule has 4 aromatic rings. The summed E-state index contributed by atoms with van der Waals surface area (Å²) in [5, 5.41) is 0.553. The molecule has 2 N–H and O–H groups in total. The van der Waals surface area contributed by atoms with E-state index in [1.807, 2.05) is 0 Å². The van der Waals surface area contributed by atoms with Crippen molar-refractivity contribution in [2.24, 2.45) is 0 Å². The number of anilines is 1. The van der Waals surface area contributed by atoms with Crippen molar-refractivity contribution < 1.29 is 9.13 Å². The highest BCUT2D eigenvalue weighted by Crippen LogP contribution is 2.39. The predicted molar refractivity (Wildman–Crippen MR) is 115 cm³/mol. The number of pyridine rings is 1. The lowest BCUT2D eigenvalue weighted by Gasteiger charge is -2.17. The van der Waals surface area contributed by atoms with E-state index in [2.05, 4.69) is 19.5 Å². The fraction of sp³-hybridized carbons (Fsp3) is 0.182. The molecule has 0 spiro atoms. The number of ether oxygens (including phenoxy) is 1. The van der Waals surface area contributed by atoms with Crippen LogP contribution in [0.2, 0.25) is 5.02 Å². The minimum atomic E-state index is -0.301. The lowest BCUT2D eigenvalue weighted by molar-refractivity contribution is 0.247. The van der Waals surface area contributed by atoms with Gasteiger partial charge in [0, 0.05) is 30.4 Å². The fourth-order valence-corrected chi connectivity index (χ4v) is 3.93. The van der Waals surface area contributed by atoms with Gasteiger partial charge in [0.2, 0.25) is 11.8 Å². The van der Waals surface area contributed by atoms with Gasteiger partial charge in [-0.3, -0.25) is 0 Å². The summed E-state index contributed by atoms with van der Waals surface area (Å²) in [4.78, 5) is 17.5. The fourth-order valence-electron chi connectivity index (χ4n) is 3.82. The maximum absolute atomic E-state index is 13.5. The quantitative estimate of drug-likeness (QED) is 0.500. The lowest BCUT2D eigenvalue weighted by atomic mass is 10.1. The molecule has 31 heavy (non-hydrogen) atoms. The van der Waals surface area contributed by atoms with Crippen LogP contribution in [0.3, 0.4) is 0 Å². The molecule has 0 saturated carbocycles. The van der Waals surface area contributed by atoms with Crippen LogP contribution in [-0.2, 0) is 6.42 Å². The number of rotatable bonds is 5. The average molecular weight is 437 g/mol. The zero-order chi connectivity index (χ0) is 21.4. The molecule has 1 aliphatic heterocycles. The van der Waals surface area contributed by atoms with E-state index >= 15 is 0 Å². The molecule has 1 aromatic carbocycles. The van der Waals surface area contributed by atoms with Crippen molar-refractivity contribution in [2.45, 2.75) is 18.9 Å². The molecule has 1 unspecified atom stereocenters. The molecule has 9 heteroatoms. The number of benzene rings is 1. The molecule has 0 fully saturated rings. The summed E-state index contributed by atoms with van der Waals surface area (Å²) >= 11 is 5.90. The van der Waals surface area contributed by atoms with E-state index in [1.165, 1.54) is 12.1 Å². The van der Waals surface area contributed by atoms with E-state index in [0.717, 1.165) is 35.6 Å². The number of aryl methyl sites for hydroxylation is 1. The zero-order valence-corrected chi connectivity index (χ0v) is 17.1. The van der Waals surface area contributed by atoms with Gasteiger partial charge in [0.05, 0.1) is 28.1 Å². The normalized spacial score (nSPS) is 15.1. The van der Waals surface area contributed by atoms with Crippen LogP contribution < -0.4 is 10.5 Å². The third-order valence-electron chi connectivity index (χ3n) is 5.21. The molecule has 0 aliphatic carbocycles. The molecule has 0 saturated heterocycles. The summed E-state index contributed by atoms with van der Waals surface area (Å²) < 4.78 is 21.6. The van der Waals surface area contributed by atoms with E-state index in [-0.39, 0.29) is 17.8 Å². The maximum atomic E-state index is 13.5. The standard InChI is InChI=1S/C22H18ClFN6O/c23-14-3-8-19(27-11-14)31-12-16-6-7-18-29-20(13-1-4-15(24)5-2-13)21(30(16)18)17-9-10-26-22(25)28-17/h1-5,8-11,16H,6-7,12H2,(H2,25,26,28). The van der Waals surface area contributed by atoms with E-state index < -0.39 is 0 Å². The van der Waals surface area contributed by atoms with Crippen molar-refractivity contribution in [1.82, 2.24) is 24.5 Å². The molecule has 5 rings (SSSR count). The first-order valence-electron chi connectivity index (χ1n) is 9.79. The van der Waals surface area contributed by atoms with Crippen molar-refractivity contribution in [1.29, 1.82) is 0 Å². The summed E-state index contributed by atoms with van der Waals surface area (Å²) in [6.07, 6.45) is 4.82. The Kier molecular flexibility index (Phi) is 4.99. The van der Waals surface area contributed by atoms with Crippen LogP contribution in [0, 0.1) is 5.82 Å². The molecule has 1 atom stereocenters. The van der Waals surface area contributed by atoms with Crippen molar-refractivity contribution in [3.63, 3.8) is 0 Å². The summed E-state index contributed by atoms with van der Waals surface area (Å²) in [5.74, 6) is 1.30. The average Bonchev–Trinajstić information content (AvgIpc) is 3.33. The van der Waals surface area contributed by atoms with E-state index in [1.54, 1.807) is 42.7 Å². The molecular formula is C22H18ClFN6O. The first-order chi connectivity index (χ1) is 15.1. The largest absolute Gasteiger partial charge is 0.475 e. The van der Waals surface area contributed by atoms with Gasteiger partial charge in [-0.1, -0.05) is 11.6 Å². The Hall–Kier alpha value is -3.52. The summed E-state index contributed by atoms with van der Waals surface area (Å²) in [6, 6.07) is 11.6. The highest BCUT2D eigenvalue weighted by molar-refractivity contribution is 6.30. The van der Waals surface area contributed by atoms with E-state index in [9.17, 15) is 4.39 Å². The molecular weight excluding hydrogens is 419 g/mol. The lowest BCUT2D eigenvalue weighted by Crippen LogP contribution is -2.15. The Morgan fingerprint density at radius 1 is 1.10 bits per heavy atom. The molecule has 0 bridgehead atoms. The number of hydrogen-bond acceptors (Lipinski definition) is 6. The molecule has 7 nitrogen and oxygen atoms in total. The minimum Gasteiger partial charge on any atom is -0.475 e. The molecule has 1 aliphatic rings. The number of nitrogens with two attached hydrogens (primary N) is 1. The molecule has 4 heterocycles. The van der Waals surface area contributed by atoms with Gasteiger partial charge in [0.1, 0.15) is 18.2 Å². The third-order valence-corrected chi connectivity index (χ3v) is 5.43. The minimum absolute atomic E-state index is 0.0281. The number of nitrogens with zero attached hydrogens (tertiary/aromatic N) is 5. The second-order valence-electron chi connectivity index (χ2n) is 7.22. The number of halogens is 2. The van der Waals surface area contributed by atoms with Crippen molar-refractivity contribution >= 4 is 17.5 Å². The van der Waals surface area contributed by atoms with Crippen LogP contribution in [0.1, 0.15) is 18.3 Å². The number of aromatic nitrogens is 5. The smallest absolute Gasteiger partial charge is 0.220 e. The number of fused-ring (bicyclic) bond motifs is 1. The van der Waals surface area contributed by atoms with Gasteiger partial charge in [-0.2, -0.15) is 0 Å². The second kappa shape index (κ2) is 7.96. The first-order valence-corrected chi connectivity index (χ1v) is 10.2. The van der Waals surface area contributed by atoms with Crippen molar-refractivity contribution in [2.75, 3.05) is 12.3 Å². The van der Waals surface area contributed by atoms with Crippen LogP contribution >= 0.6 is 11.6 Å². The van der Waals surface area contributed by atoms with Crippen LogP contribution in [-0.4, -0.2) is 31.1 Å². The molecule has 0 amide bonds. The molecule has 156 valence electrons. The number of hydrogen-bond donors (Lipinski definition) is 1. The Balaban J connectivity index is 1.55. The predicted octanol–water partition coefficient (Wildman–Crippen LogP) is 4.34. The third kappa shape index (κ3) is 3.82. The van der Waals surface area contributed by atoms with Gasteiger partial charge < -0.3 is 15.0 Å². The Bertz CT molecular complexity index is 1230. The van der Waals surface area contributed by atoms with Gasteiger partial charge in [0.15, 0.2) is 0 Å². The van der Waals surface area contributed by atoms with Gasteiger partial charge in [-0.25, -0.2) is 24.3 Å². The van der Waals surface area contributed by atoms with Crippen LogP contribution in [0.4, 0.5) is 10.3 Å². The van der Waals surface area contributed by atoms with Crippen LogP contribution in [0.5, 0.6) is 5.88 Å². The molecule has 3 aromatic heterocycles. The van der Waals surface area contributed by atoms with Gasteiger partial charge >= 0.3 is 0 Å². The highest BCUT2D eigenvalue weighted by Gasteiger charge is 2.31. The second-order valence-corrected chi connectivity index (χ2v) is 7.66. The Labute approximate surface area is 182 Å². The summed E-state index contributed by atoms with van der Waals surface area (Å²) in [7, 11) is 0.